The maximum Gasteiger partial charge on any atom is 0.0815 e. The quantitative estimate of drug-likeness (QED) is 0.767. The van der Waals surface area contributed by atoms with Gasteiger partial charge in [0, 0.05) is 6.54 Å². The maximum absolute atomic E-state index is 5.55. The van der Waals surface area contributed by atoms with Crippen molar-refractivity contribution >= 4 is 34.0 Å². The molecule has 0 saturated carbocycles. The Kier molecular flexibility index (Phi) is 3.03. The molecule has 64 valence electrons. The van der Waals surface area contributed by atoms with Crippen LogP contribution in [0.25, 0.3) is 10.2 Å². The Morgan fingerprint density at radius 3 is 3.00 bits per heavy atom. The van der Waals surface area contributed by atoms with E-state index in [0.29, 0.717) is 6.54 Å². The van der Waals surface area contributed by atoms with E-state index in [4.69, 9.17) is 5.73 Å². The Morgan fingerprint density at radius 1 is 1.42 bits per heavy atom. The summed E-state index contributed by atoms with van der Waals surface area (Å²) < 4.78 is 1.22. The summed E-state index contributed by atoms with van der Waals surface area (Å²) in [4.78, 5) is 4.19. The first-order chi connectivity index (χ1) is 5.42. The Balaban J connectivity index is 0.000000720. The number of nitrogens with zero attached hydrogens (tertiary/aromatic N) is 1. The minimum Gasteiger partial charge on any atom is -0.326 e. The number of rotatable bonds is 1. The molecule has 1 aromatic carbocycles. The summed E-state index contributed by atoms with van der Waals surface area (Å²) in [5.74, 6) is 0. The van der Waals surface area contributed by atoms with Gasteiger partial charge >= 0.3 is 0 Å². The number of thiazole rings is 1. The van der Waals surface area contributed by atoms with Crippen molar-refractivity contribution < 1.29 is 0 Å². The fourth-order valence-electron chi connectivity index (χ4n) is 1.11. The van der Waals surface area contributed by atoms with Crippen LogP contribution in [0.3, 0.4) is 0 Å². The molecule has 0 fully saturated rings. The second kappa shape index (κ2) is 3.85. The molecule has 0 aliphatic heterocycles. The lowest BCUT2D eigenvalue weighted by atomic mass is 10.2. The standard InChI is InChI=1S/C8H8N2S.ClH/c9-4-6-2-1-3-7-8(6)11-5-10-7;/h1-3,5H,4,9H2;1H. The molecule has 4 heteroatoms. The van der Waals surface area contributed by atoms with Crippen molar-refractivity contribution in [2.24, 2.45) is 5.73 Å². The fraction of sp³-hybridized carbons (Fsp3) is 0.125. The molecule has 12 heavy (non-hydrogen) atoms. The van der Waals surface area contributed by atoms with Crippen LogP contribution in [0.2, 0.25) is 0 Å². The highest BCUT2D eigenvalue weighted by Gasteiger charge is 1.99. The lowest BCUT2D eigenvalue weighted by Crippen LogP contribution is -1.95. The smallest absolute Gasteiger partial charge is 0.0815 e. The van der Waals surface area contributed by atoms with E-state index in [2.05, 4.69) is 4.98 Å². The molecule has 0 aliphatic rings. The van der Waals surface area contributed by atoms with Crippen LogP contribution >= 0.6 is 23.7 Å². The maximum atomic E-state index is 5.55. The number of halogens is 1. The van der Waals surface area contributed by atoms with E-state index in [9.17, 15) is 0 Å². The Labute approximate surface area is 80.8 Å². The molecule has 1 aromatic heterocycles. The zero-order chi connectivity index (χ0) is 7.68. The van der Waals surface area contributed by atoms with Gasteiger partial charge in [-0.05, 0) is 11.6 Å². The van der Waals surface area contributed by atoms with Crippen molar-refractivity contribution in [2.45, 2.75) is 6.54 Å². The van der Waals surface area contributed by atoms with Gasteiger partial charge in [-0.15, -0.1) is 23.7 Å². The first-order valence-corrected chi connectivity index (χ1v) is 4.31. The van der Waals surface area contributed by atoms with Crippen molar-refractivity contribution in [3.05, 3.63) is 29.3 Å². The van der Waals surface area contributed by atoms with E-state index < -0.39 is 0 Å². The molecule has 2 rings (SSSR count). The molecule has 0 atom stereocenters. The van der Waals surface area contributed by atoms with Gasteiger partial charge in [-0.1, -0.05) is 12.1 Å². The second-order valence-electron chi connectivity index (χ2n) is 2.32. The number of hydrogen-bond acceptors (Lipinski definition) is 3. The predicted molar refractivity (Wildman–Crippen MR) is 54.8 cm³/mol. The Hall–Kier alpha value is -0.640. The second-order valence-corrected chi connectivity index (χ2v) is 3.18. The average molecular weight is 201 g/mol. The first kappa shape index (κ1) is 9.45. The Morgan fingerprint density at radius 2 is 2.25 bits per heavy atom. The summed E-state index contributed by atoms with van der Waals surface area (Å²) in [5, 5.41) is 0. The van der Waals surface area contributed by atoms with Gasteiger partial charge in [0.05, 0.1) is 15.7 Å². The van der Waals surface area contributed by atoms with Gasteiger partial charge in [0.25, 0.3) is 0 Å². The highest BCUT2D eigenvalue weighted by Crippen LogP contribution is 2.21. The van der Waals surface area contributed by atoms with Crippen molar-refractivity contribution in [1.82, 2.24) is 4.98 Å². The normalized spacial score (nSPS) is 9.75. The van der Waals surface area contributed by atoms with Crippen LogP contribution in [-0.4, -0.2) is 4.98 Å². The van der Waals surface area contributed by atoms with Gasteiger partial charge < -0.3 is 5.73 Å². The van der Waals surface area contributed by atoms with E-state index in [1.807, 2.05) is 23.7 Å². The van der Waals surface area contributed by atoms with Crippen LogP contribution in [0.15, 0.2) is 23.7 Å². The number of fused-ring (bicyclic) bond motifs is 1. The summed E-state index contributed by atoms with van der Waals surface area (Å²) >= 11 is 1.65. The van der Waals surface area contributed by atoms with E-state index in [0.717, 1.165) is 5.52 Å². The summed E-state index contributed by atoms with van der Waals surface area (Å²) in [7, 11) is 0. The molecule has 0 aliphatic carbocycles. The minimum atomic E-state index is 0. The summed E-state index contributed by atoms with van der Waals surface area (Å²) in [6, 6.07) is 6.04. The Bertz CT molecular complexity index is 372. The van der Waals surface area contributed by atoms with Crippen LogP contribution in [0.1, 0.15) is 5.56 Å². The molecular weight excluding hydrogens is 192 g/mol. The predicted octanol–water partition coefficient (Wildman–Crippen LogP) is 2.18. The van der Waals surface area contributed by atoms with Crippen molar-refractivity contribution in [3.8, 4) is 0 Å². The van der Waals surface area contributed by atoms with Crippen LogP contribution in [-0.2, 0) is 6.54 Å². The van der Waals surface area contributed by atoms with Gasteiger partial charge in [0.2, 0.25) is 0 Å². The van der Waals surface area contributed by atoms with Crippen molar-refractivity contribution in [3.63, 3.8) is 0 Å². The fourth-order valence-corrected chi connectivity index (χ4v) is 1.92. The third kappa shape index (κ3) is 1.43. The number of benzene rings is 1. The van der Waals surface area contributed by atoms with Gasteiger partial charge in [-0.25, -0.2) is 4.98 Å². The molecule has 2 N–H and O–H groups in total. The zero-order valence-electron chi connectivity index (χ0n) is 6.36. The van der Waals surface area contributed by atoms with Gasteiger partial charge in [-0.2, -0.15) is 0 Å². The molecule has 0 bridgehead atoms. The monoisotopic (exact) mass is 200 g/mol. The summed E-state index contributed by atoms with van der Waals surface area (Å²) in [6.07, 6.45) is 0. The van der Waals surface area contributed by atoms with E-state index in [1.54, 1.807) is 11.3 Å². The molecule has 0 amide bonds. The first-order valence-electron chi connectivity index (χ1n) is 3.43. The average Bonchev–Trinajstić information content (AvgIpc) is 2.50. The molecule has 0 radical (unpaired) electrons. The van der Waals surface area contributed by atoms with Gasteiger partial charge in [0.1, 0.15) is 0 Å². The highest BCUT2D eigenvalue weighted by molar-refractivity contribution is 7.16. The van der Waals surface area contributed by atoms with Crippen LogP contribution in [0, 0.1) is 0 Å². The number of aromatic nitrogens is 1. The molecule has 1 heterocycles. The SMILES string of the molecule is Cl.NCc1cccc2ncsc12. The molecule has 0 spiro atoms. The lowest BCUT2D eigenvalue weighted by Gasteiger charge is -1.95. The van der Waals surface area contributed by atoms with Gasteiger partial charge in [0.15, 0.2) is 0 Å². The van der Waals surface area contributed by atoms with E-state index in [-0.39, 0.29) is 12.4 Å². The van der Waals surface area contributed by atoms with Crippen LogP contribution in [0.5, 0.6) is 0 Å². The largest absolute Gasteiger partial charge is 0.326 e. The van der Waals surface area contributed by atoms with Crippen LogP contribution < -0.4 is 5.73 Å². The van der Waals surface area contributed by atoms with Crippen molar-refractivity contribution in [1.29, 1.82) is 0 Å². The minimum absolute atomic E-state index is 0. The topological polar surface area (TPSA) is 38.9 Å². The molecular formula is C8H9ClN2S. The third-order valence-electron chi connectivity index (χ3n) is 1.66. The molecule has 2 aromatic rings. The lowest BCUT2D eigenvalue weighted by molar-refractivity contribution is 1.09. The summed E-state index contributed by atoms with van der Waals surface area (Å²) in [6.45, 7) is 0.597. The zero-order valence-corrected chi connectivity index (χ0v) is 7.99. The highest BCUT2D eigenvalue weighted by atomic mass is 35.5. The van der Waals surface area contributed by atoms with Gasteiger partial charge in [-0.3, -0.25) is 0 Å². The number of hydrogen-bond donors (Lipinski definition) is 1. The van der Waals surface area contributed by atoms with E-state index in [1.165, 1.54) is 10.3 Å². The molecule has 0 saturated heterocycles. The third-order valence-corrected chi connectivity index (χ3v) is 2.58. The van der Waals surface area contributed by atoms with E-state index >= 15 is 0 Å². The molecule has 0 unspecified atom stereocenters. The molecule has 2 nitrogen and oxygen atoms in total. The number of nitrogens with two attached hydrogens (primary N) is 1. The van der Waals surface area contributed by atoms with Crippen LogP contribution in [0.4, 0.5) is 0 Å². The summed E-state index contributed by atoms with van der Waals surface area (Å²) in [5.41, 5.74) is 9.64. The van der Waals surface area contributed by atoms with Crippen molar-refractivity contribution in [2.75, 3.05) is 0 Å².